The molecule has 30 heavy (non-hydrogen) atoms. The molecular formula is C24H31N3O3. The number of likely N-dealkylation sites (tertiary alicyclic amines) is 1. The van der Waals surface area contributed by atoms with E-state index in [1.54, 1.807) is 0 Å². The Morgan fingerprint density at radius 2 is 1.83 bits per heavy atom. The molecule has 3 fully saturated rings. The smallest absolute Gasteiger partial charge is 0.226 e. The summed E-state index contributed by atoms with van der Waals surface area (Å²) in [6.45, 7) is 2.03. The minimum Gasteiger partial charge on any atom is -0.490 e. The third-order valence-electron chi connectivity index (χ3n) is 7.08. The van der Waals surface area contributed by atoms with Crippen LogP contribution in [0.4, 0.5) is 0 Å². The van der Waals surface area contributed by atoms with Crippen LogP contribution in [-0.2, 0) is 9.59 Å². The third kappa shape index (κ3) is 3.80. The van der Waals surface area contributed by atoms with Gasteiger partial charge in [0.2, 0.25) is 11.8 Å². The Morgan fingerprint density at radius 1 is 1.03 bits per heavy atom. The number of nitrogens with one attached hydrogen (secondary N) is 1. The van der Waals surface area contributed by atoms with Gasteiger partial charge in [0.25, 0.3) is 0 Å². The van der Waals surface area contributed by atoms with E-state index in [4.69, 9.17) is 4.74 Å². The lowest BCUT2D eigenvalue weighted by atomic mass is 9.94. The van der Waals surface area contributed by atoms with Gasteiger partial charge in [0.15, 0.2) is 0 Å². The number of ether oxygens (including phenoxy) is 1. The summed E-state index contributed by atoms with van der Waals surface area (Å²) in [6.07, 6.45) is 10.3. The van der Waals surface area contributed by atoms with Crippen LogP contribution < -0.4 is 10.1 Å². The van der Waals surface area contributed by atoms with Crippen LogP contribution in [0.25, 0.3) is 10.9 Å². The van der Waals surface area contributed by atoms with Crippen molar-refractivity contribution in [1.29, 1.82) is 0 Å². The normalized spacial score (nSPS) is 23.7. The summed E-state index contributed by atoms with van der Waals surface area (Å²) in [5, 5.41) is 4.00. The molecule has 2 saturated heterocycles. The Labute approximate surface area is 177 Å². The molecule has 2 amide bonds. The quantitative estimate of drug-likeness (QED) is 0.838. The first-order valence-electron chi connectivity index (χ1n) is 11.5. The topological polar surface area (TPSA) is 63.6 Å². The van der Waals surface area contributed by atoms with E-state index in [1.807, 2.05) is 4.90 Å². The number of fused-ring (bicyclic) bond motifs is 1. The van der Waals surface area contributed by atoms with Crippen LogP contribution in [0.2, 0.25) is 0 Å². The number of piperidine rings is 2. The van der Waals surface area contributed by atoms with Crippen LogP contribution in [0.5, 0.6) is 5.75 Å². The minimum absolute atomic E-state index is 0.00421. The molecule has 0 bridgehead atoms. The summed E-state index contributed by atoms with van der Waals surface area (Å²) >= 11 is 0. The summed E-state index contributed by atoms with van der Waals surface area (Å²) in [5.74, 6) is 0.938. The van der Waals surface area contributed by atoms with Gasteiger partial charge in [-0.2, -0.15) is 0 Å². The number of amides is 2. The largest absolute Gasteiger partial charge is 0.490 e. The maximum atomic E-state index is 12.8. The van der Waals surface area contributed by atoms with E-state index >= 15 is 0 Å². The molecule has 1 atom stereocenters. The first kappa shape index (κ1) is 19.5. The minimum atomic E-state index is -0.152. The molecule has 1 aliphatic carbocycles. The van der Waals surface area contributed by atoms with E-state index in [2.05, 4.69) is 40.3 Å². The summed E-state index contributed by atoms with van der Waals surface area (Å²) in [5.41, 5.74) is 1.27. The van der Waals surface area contributed by atoms with Crippen molar-refractivity contribution in [3.8, 4) is 5.75 Å². The molecule has 6 heteroatoms. The highest BCUT2D eigenvalue weighted by atomic mass is 16.5. The third-order valence-corrected chi connectivity index (χ3v) is 7.08. The highest BCUT2D eigenvalue weighted by Gasteiger charge is 2.32. The van der Waals surface area contributed by atoms with Crippen LogP contribution in [0.15, 0.2) is 30.5 Å². The molecule has 2 aromatic rings. The molecule has 3 aliphatic rings. The Bertz CT molecular complexity index is 923. The molecule has 1 unspecified atom stereocenters. The SMILES string of the molecule is O=C1CC(C(=O)N2CCC(Oc3cccc4c3ccn4C3CCCC3)CC2)CCN1. The van der Waals surface area contributed by atoms with Gasteiger partial charge in [0, 0.05) is 62.4 Å². The second-order valence-corrected chi connectivity index (χ2v) is 9.03. The summed E-state index contributed by atoms with van der Waals surface area (Å²) < 4.78 is 8.85. The lowest BCUT2D eigenvalue weighted by molar-refractivity contribution is -0.141. The molecule has 3 heterocycles. The molecular weight excluding hydrogens is 378 g/mol. The number of nitrogens with zero attached hydrogens (tertiary/aromatic N) is 2. The van der Waals surface area contributed by atoms with Crippen molar-refractivity contribution >= 4 is 22.7 Å². The average Bonchev–Trinajstić information content (AvgIpc) is 3.44. The van der Waals surface area contributed by atoms with Crippen LogP contribution >= 0.6 is 0 Å². The highest BCUT2D eigenvalue weighted by molar-refractivity contribution is 5.87. The van der Waals surface area contributed by atoms with Crippen LogP contribution in [0.3, 0.4) is 0 Å². The number of rotatable bonds is 4. The monoisotopic (exact) mass is 409 g/mol. The number of hydrogen-bond donors (Lipinski definition) is 1. The van der Waals surface area contributed by atoms with Crippen molar-refractivity contribution in [2.75, 3.05) is 19.6 Å². The molecule has 1 aromatic heterocycles. The van der Waals surface area contributed by atoms with E-state index in [0.717, 1.165) is 25.0 Å². The number of carbonyl (C=O) groups is 2. The molecule has 2 aliphatic heterocycles. The van der Waals surface area contributed by atoms with Crippen molar-refractivity contribution in [3.05, 3.63) is 30.5 Å². The van der Waals surface area contributed by atoms with Crippen molar-refractivity contribution in [2.45, 2.75) is 63.5 Å². The molecule has 0 radical (unpaired) electrons. The highest BCUT2D eigenvalue weighted by Crippen LogP contribution is 2.36. The Kier molecular flexibility index (Phi) is 5.40. The van der Waals surface area contributed by atoms with Crippen molar-refractivity contribution < 1.29 is 14.3 Å². The fourth-order valence-electron chi connectivity index (χ4n) is 5.39. The molecule has 5 rings (SSSR count). The number of aromatic nitrogens is 1. The van der Waals surface area contributed by atoms with Gasteiger partial charge in [0.1, 0.15) is 11.9 Å². The van der Waals surface area contributed by atoms with Crippen molar-refractivity contribution in [1.82, 2.24) is 14.8 Å². The fourth-order valence-corrected chi connectivity index (χ4v) is 5.39. The van der Waals surface area contributed by atoms with Crippen molar-refractivity contribution in [2.24, 2.45) is 5.92 Å². The Morgan fingerprint density at radius 3 is 2.60 bits per heavy atom. The molecule has 6 nitrogen and oxygen atoms in total. The maximum absolute atomic E-state index is 12.8. The Balaban J connectivity index is 1.22. The molecule has 0 spiro atoms. The second kappa shape index (κ2) is 8.32. The van der Waals surface area contributed by atoms with E-state index in [-0.39, 0.29) is 23.8 Å². The van der Waals surface area contributed by atoms with Gasteiger partial charge in [0.05, 0.1) is 5.52 Å². The molecule has 1 aromatic carbocycles. The van der Waals surface area contributed by atoms with E-state index in [1.165, 1.54) is 36.6 Å². The number of hydrogen-bond acceptors (Lipinski definition) is 3. The maximum Gasteiger partial charge on any atom is 0.226 e. The van der Waals surface area contributed by atoms with Crippen LogP contribution in [0, 0.1) is 5.92 Å². The van der Waals surface area contributed by atoms with Gasteiger partial charge in [-0.3, -0.25) is 9.59 Å². The summed E-state index contributed by atoms with van der Waals surface area (Å²) in [6, 6.07) is 9.17. The zero-order valence-corrected chi connectivity index (χ0v) is 17.5. The molecule has 160 valence electrons. The fraction of sp³-hybridized carbons (Fsp3) is 0.583. The lowest BCUT2D eigenvalue weighted by Gasteiger charge is -2.35. The van der Waals surface area contributed by atoms with E-state index in [0.29, 0.717) is 32.1 Å². The van der Waals surface area contributed by atoms with Gasteiger partial charge in [-0.15, -0.1) is 0 Å². The summed E-state index contributed by atoms with van der Waals surface area (Å²) in [4.78, 5) is 26.3. The predicted octanol–water partition coefficient (Wildman–Crippen LogP) is 3.65. The molecule has 1 saturated carbocycles. The van der Waals surface area contributed by atoms with Gasteiger partial charge in [-0.05, 0) is 37.5 Å². The molecule has 1 N–H and O–H groups in total. The van der Waals surface area contributed by atoms with Gasteiger partial charge >= 0.3 is 0 Å². The first-order chi connectivity index (χ1) is 14.7. The summed E-state index contributed by atoms with van der Waals surface area (Å²) in [7, 11) is 0. The second-order valence-electron chi connectivity index (χ2n) is 9.03. The number of carbonyl (C=O) groups excluding carboxylic acids is 2. The van der Waals surface area contributed by atoms with E-state index in [9.17, 15) is 9.59 Å². The lowest BCUT2D eigenvalue weighted by Crippen LogP contribution is -2.47. The number of benzene rings is 1. The van der Waals surface area contributed by atoms with E-state index < -0.39 is 0 Å². The van der Waals surface area contributed by atoms with Crippen molar-refractivity contribution in [3.63, 3.8) is 0 Å². The van der Waals surface area contributed by atoms with Gasteiger partial charge in [-0.1, -0.05) is 18.9 Å². The Hall–Kier alpha value is -2.50. The first-order valence-corrected chi connectivity index (χ1v) is 11.5. The van der Waals surface area contributed by atoms with Crippen LogP contribution in [-0.4, -0.2) is 47.0 Å². The van der Waals surface area contributed by atoms with Crippen LogP contribution in [0.1, 0.15) is 57.4 Å². The average molecular weight is 410 g/mol. The van der Waals surface area contributed by atoms with Gasteiger partial charge < -0.3 is 19.5 Å². The predicted molar refractivity (Wildman–Crippen MR) is 115 cm³/mol. The standard InChI is InChI=1S/C24H31N3O3/c28-23-16-17(8-12-25-23)24(29)26-13-9-19(10-14-26)30-22-7-3-6-21-20(22)11-15-27(21)18-4-1-2-5-18/h3,6-7,11,15,17-19H,1-2,4-5,8-10,12-14,16H2,(H,25,28). The zero-order valence-electron chi connectivity index (χ0n) is 17.5. The van der Waals surface area contributed by atoms with Gasteiger partial charge in [-0.25, -0.2) is 0 Å². The zero-order chi connectivity index (χ0) is 20.5.